The van der Waals surface area contributed by atoms with Crippen molar-refractivity contribution in [3.63, 3.8) is 0 Å². The van der Waals surface area contributed by atoms with Crippen LogP contribution in [0.25, 0.3) is 0 Å². The third-order valence-electron chi connectivity index (χ3n) is 0.637. The zero-order valence-corrected chi connectivity index (χ0v) is 4.72. The number of nitrogens with two attached hydrogens (primary N) is 1. The van der Waals surface area contributed by atoms with Gasteiger partial charge in [0.15, 0.2) is 5.78 Å². The molecule has 46 valence electrons. The van der Waals surface area contributed by atoms with Gasteiger partial charge in [0.1, 0.15) is 0 Å². The lowest BCUT2D eigenvalue weighted by Crippen LogP contribution is -2.05. The summed E-state index contributed by atoms with van der Waals surface area (Å²) < 4.78 is 0. The van der Waals surface area contributed by atoms with Crippen LogP contribution in [0, 0.1) is 0 Å². The summed E-state index contributed by atoms with van der Waals surface area (Å²) in [5.41, 5.74) is 5.24. The molecule has 0 saturated heterocycles. The number of hydrogen-bond donors (Lipinski definition) is 1. The van der Waals surface area contributed by atoms with Gasteiger partial charge in [-0.15, -0.1) is 0 Å². The normalized spacial score (nSPS) is 10.9. The summed E-state index contributed by atoms with van der Waals surface area (Å²) in [6, 6.07) is 0. The zero-order valence-electron chi connectivity index (χ0n) is 4.72. The Labute approximate surface area is 49.4 Å². The number of rotatable bonds is 2. The van der Waals surface area contributed by atoms with Crippen molar-refractivity contribution in [3.8, 4) is 0 Å². The summed E-state index contributed by atoms with van der Waals surface area (Å²) >= 11 is 0. The number of carbonyl (C=O) groups is 1. The summed E-state index contributed by atoms with van der Waals surface area (Å²) in [5, 5.41) is 0. The number of carbonyl (C=O) groups excluding carboxylic acids is 1. The molecular formula is C5H10N2O. The van der Waals surface area contributed by atoms with E-state index in [2.05, 4.69) is 11.7 Å². The van der Waals surface area contributed by atoms with E-state index in [0.717, 1.165) is 0 Å². The lowest BCUT2D eigenvalue weighted by atomic mass is 10.3. The minimum absolute atomic E-state index is 0. The second-order valence-corrected chi connectivity index (χ2v) is 1.32. The number of aliphatic imine (C=N–C) groups is 1. The zero-order chi connectivity index (χ0) is 6.57. The molecule has 0 heterocycles. The third kappa shape index (κ3) is 2.12. The maximum Gasteiger partial charge on any atom is 0.176 e. The van der Waals surface area contributed by atoms with Crippen LogP contribution >= 0.6 is 0 Å². The van der Waals surface area contributed by atoms with Crippen LogP contribution in [0.3, 0.4) is 0 Å². The first-order valence-corrected chi connectivity index (χ1v) is 2.11. The summed E-state index contributed by atoms with van der Waals surface area (Å²) in [7, 11) is 0. The average Bonchev–Trinajstić information content (AvgIpc) is 1.67. The van der Waals surface area contributed by atoms with Gasteiger partial charge in [-0.25, -0.2) is 0 Å². The number of hydrogen-bond acceptors (Lipinski definition) is 3. The Bertz CT molecular complexity index is 142. The lowest BCUT2D eigenvalue weighted by molar-refractivity contribution is -0.113. The molecule has 0 bridgehead atoms. The highest BCUT2D eigenvalue weighted by Gasteiger charge is 1.92. The van der Waals surface area contributed by atoms with Crippen molar-refractivity contribution in [2.24, 2.45) is 10.7 Å². The number of nitrogens with zero attached hydrogens (tertiary/aromatic N) is 1. The molecule has 0 radical (unpaired) electrons. The summed E-state index contributed by atoms with van der Waals surface area (Å²) in [6.45, 7) is 4.50. The van der Waals surface area contributed by atoms with Crippen molar-refractivity contribution in [3.05, 3.63) is 11.9 Å². The van der Waals surface area contributed by atoms with E-state index in [1.54, 1.807) is 0 Å². The van der Waals surface area contributed by atoms with E-state index in [0.29, 0.717) is 0 Å². The Morgan fingerprint density at radius 3 is 2.62 bits per heavy atom. The Hall–Kier alpha value is -1.12. The van der Waals surface area contributed by atoms with Gasteiger partial charge in [0.25, 0.3) is 0 Å². The highest BCUT2D eigenvalue weighted by molar-refractivity contribution is 5.92. The molecule has 8 heavy (non-hydrogen) atoms. The third-order valence-corrected chi connectivity index (χ3v) is 0.637. The molecule has 0 aromatic rings. The standard InChI is InChI=1S/C5H8N2O.H2/c1-4(8)5(6)3-7-2;/h3H,2,6H2,1H3;1H/b5-3-;. The quantitative estimate of drug-likeness (QED) is 0.415. The van der Waals surface area contributed by atoms with Crippen molar-refractivity contribution in [1.82, 2.24) is 0 Å². The molecule has 0 spiro atoms. The van der Waals surface area contributed by atoms with Gasteiger partial charge in [-0.05, 0) is 6.72 Å². The van der Waals surface area contributed by atoms with E-state index in [9.17, 15) is 4.79 Å². The Morgan fingerprint density at radius 2 is 2.50 bits per heavy atom. The maximum absolute atomic E-state index is 10.3. The fourth-order valence-corrected chi connectivity index (χ4v) is 0.189. The minimum Gasteiger partial charge on any atom is -0.395 e. The van der Waals surface area contributed by atoms with Crippen molar-refractivity contribution < 1.29 is 6.22 Å². The molecule has 0 aromatic heterocycles. The van der Waals surface area contributed by atoms with Gasteiger partial charge in [0.2, 0.25) is 0 Å². The van der Waals surface area contributed by atoms with Crippen molar-refractivity contribution in [2.75, 3.05) is 0 Å². The van der Waals surface area contributed by atoms with Crippen LogP contribution in [-0.4, -0.2) is 12.5 Å². The van der Waals surface area contributed by atoms with Gasteiger partial charge in [-0.3, -0.25) is 9.79 Å². The van der Waals surface area contributed by atoms with Crippen LogP contribution in [0.4, 0.5) is 0 Å². The summed E-state index contributed by atoms with van der Waals surface area (Å²) in [6.07, 6.45) is 1.22. The second-order valence-electron chi connectivity index (χ2n) is 1.32. The van der Waals surface area contributed by atoms with Crippen LogP contribution < -0.4 is 5.73 Å². The molecule has 0 aromatic carbocycles. The van der Waals surface area contributed by atoms with Gasteiger partial charge >= 0.3 is 0 Å². The van der Waals surface area contributed by atoms with E-state index < -0.39 is 0 Å². The molecule has 3 heteroatoms. The monoisotopic (exact) mass is 114 g/mol. The van der Waals surface area contributed by atoms with Gasteiger partial charge in [-0.2, -0.15) is 0 Å². The van der Waals surface area contributed by atoms with Crippen LogP contribution in [0.2, 0.25) is 0 Å². The van der Waals surface area contributed by atoms with Crippen molar-refractivity contribution >= 4 is 12.5 Å². The van der Waals surface area contributed by atoms with E-state index >= 15 is 0 Å². The van der Waals surface area contributed by atoms with Gasteiger partial charge < -0.3 is 5.73 Å². The highest BCUT2D eigenvalue weighted by atomic mass is 16.1. The van der Waals surface area contributed by atoms with Crippen LogP contribution in [0.1, 0.15) is 8.35 Å². The molecule has 0 rings (SSSR count). The fourth-order valence-electron chi connectivity index (χ4n) is 0.189. The van der Waals surface area contributed by atoms with Crippen molar-refractivity contribution in [2.45, 2.75) is 6.92 Å². The largest absolute Gasteiger partial charge is 0.395 e. The summed E-state index contributed by atoms with van der Waals surface area (Å²) in [4.78, 5) is 13.6. The van der Waals surface area contributed by atoms with Gasteiger partial charge in [-0.1, -0.05) is 0 Å². The topological polar surface area (TPSA) is 55.4 Å². The van der Waals surface area contributed by atoms with E-state index in [4.69, 9.17) is 5.73 Å². The lowest BCUT2D eigenvalue weighted by Gasteiger charge is -1.86. The maximum atomic E-state index is 10.3. The first kappa shape index (κ1) is 6.88. The van der Waals surface area contributed by atoms with Gasteiger partial charge in [0, 0.05) is 8.35 Å². The molecule has 2 N–H and O–H groups in total. The second kappa shape index (κ2) is 2.96. The predicted molar refractivity (Wildman–Crippen MR) is 34.6 cm³/mol. The molecule has 0 fully saturated rings. The highest BCUT2D eigenvalue weighted by Crippen LogP contribution is 1.83. The van der Waals surface area contributed by atoms with Crippen LogP contribution in [0.5, 0.6) is 0 Å². The van der Waals surface area contributed by atoms with Crippen molar-refractivity contribution in [1.29, 1.82) is 0 Å². The van der Waals surface area contributed by atoms with E-state index in [-0.39, 0.29) is 12.9 Å². The molecule has 0 aliphatic carbocycles. The predicted octanol–water partition coefficient (Wildman–Crippen LogP) is 0.322. The molecule has 0 atom stereocenters. The van der Waals surface area contributed by atoms with Gasteiger partial charge in [0.05, 0.1) is 11.9 Å². The molecule has 0 aliphatic rings. The van der Waals surface area contributed by atoms with E-state index in [1.807, 2.05) is 0 Å². The Kier molecular flexibility index (Phi) is 2.54. The van der Waals surface area contributed by atoms with E-state index in [1.165, 1.54) is 13.1 Å². The summed E-state index contributed by atoms with van der Waals surface area (Å²) in [5.74, 6) is -0.183. The Morgan fingerprint density at radius 1 is 2.00 bits per heavy atom. The molecule has 0 aliphatic heterocycles. The molecule has 3 nitrogen and oxygen atoms in total. The molecule has 0 unspecified atom stereocenters. The number of ketones is 1. The minimum atomic E-state index is -0.183. The first-order valence-electron chi connectivity index (χ1n) is 2.11. The first-order chi connectivity index (χ1) is 3.68. The number of allylic oxidation sites excluding steroid dienone is 1. The number of Topliss-reactive ketones (excluding diaryl/α,β-unsaturated/α-hetero) is 1. The molecule has 0 saturated carbocycles. The molecule has 0 amide bonds. The molecular weight excluding hydrogens is 104 g/mol. The van der Waals surface area contributed by atoms with Crippen LogP contribution in [-0.2, 0) is 4.79 Å². The smallest absolute Gasteiger partial charge is 0.176 e. The fraction of sp³-hybridized carbons (Fsp3) is 0.200. The van der Waals surface area contributed by atoms with Crippen LogP contribution in [0.15, 0.2) is 16.9 Å². The SMILES string of the molecule is C=N/C=C(\N)C(C)=O.[HH]. The Balaban J connectivity index is 0. The average molecular weight is 114 g/mol.